The molecule has 0 radical (unpaired) electrons. The van der Waals surface area contributed by atoms with E-state index in [0.717, 1.165) is 49.7 Å². The Labute approximate surface area is 338 Å². The SMILES string of the molecule is CCCCCC1(CCCCC)O[C@@H]2[C@H](O1)[C@H]1ON(Cc3ccc(C=CCO[C@H]4O[C@H](CO)[C@H](O)[C@H](O)[C@H]4O)cc3)[C@@H]3C(=O)O[C@@H]2C[C@]13C(=O)NCCC(=O)NCCO. The van der Waals surface area contributed by atoms with Gasteiger partial charge < -0.3 is 59.9 Å². The number of carbonyl (C=O) groups is 3. The number of amides is 2. The van der Waals surface area contributed by atoms with Crippen molar-refractivity contribution >= 4 is 23.9 Å². The lowest BCUT2D eigenvalue weighted by Gasteiger charge is -2.48. The molecule has 1 saturated carbocycles. The molecule has 5 fully saturated rings. The van der Waals surface area contributed by atoms with Gasteiger partial charge in [0, 0.05) is 38.8 Å². The molecular formula is C41H61N3O14. The third-order valence-electron chi connectivity index (χ3n) is 11.9. The van der Waals surface area contributed by atoms with Crippen LogP contribution in [0.3, 0.4) is 0 Å². The molecule has 7 N–H and O–H groups in total. The van der Waals surface area contributed by atoms with Crippen molar-refractivity contribution < 1.29 is 68.4 Å². The summed E-state index contributed by atoms with van der Waals surface area (Å²) in [5, 5.41) is 55.7. The molecule has 17 heteroatoms. The molecule has 58 heavy (non-hydrogen) atoms. The molecule has 5 aliphatic rings. The minimum Gasteiger partial charge on any atom is -0.458 e. The van der Waals surface area contributed by atoms with Crippen LogP contribution < -0.4 is 10.6 Å². The molecule has 0 unspecified atom stereocenters. The Morgan fingerprint density at radius 2 is 1.64 bits per heavy atom. The van der Waals surface area contributed by atoms with Gasteiger partial charge in [-0.25, -0.2) is 0 Å². The van der Waals surface area contributed by atoms with Crippen molar-refractivity contribution in [1.82, 2.24) is 15.7 Å². The zero-order valence-corrected chi connectivity index (χ0v) is 33.4. The van der Waals surface area contributed by atoms with Gasteiger partial charge in [-0.1, -0.05) is 75.9 Å². The van der Waals surface area contributed by atoms with Crippen LogP contribution in [0.15, 0.2) is 30.3 Å². The van der Waals surface area contributed by atoms with Crippen molar-refractivity contribution in [3.63, 3.8) is 0 Å². The Morgan fingerprint density at radius 3 is 2.31 bits per heavy atom. The Bertz CT molecular complexity index is 1550. The number of nitrogens with one attached hydrogen (secondary N) is 2. The first-order valence-corrected chi connectivity index (χ1v) is 20.8. The van der Waals surface area contributed by atoms with E-state index in [1.807, 2.05) is 24.3 Å². The molecule has 4 aliphatic heterocycles. The third-order valence-corrected chi connectivity index (χ3v) is 11.9. The molecule has 2 bridgehead atoms. The fourth-order valence-corrected chi connectivity index (χ4v) is 8.89. The van der Waals surface area contributed by atoms with E-state index in [9.17, 15) is 34.8 Å². The predicted molar refractivity (Wildman–Crippen MR) is 205 cm³/mol. The molecule has 2 amide bonds. The van der Waals surface area contributed by atoms with Crippen molar-refractivity contribution in [1.29, 1.82) is 0 Å². The summed E-state index contributed by atoms with van der Waals surface area (Å²) in [5.74, 6) is -2.25. The second-order valence-corrected chi connectivity index (χ2v) is 16.0. The summed E-state index contributed by atoms with van der Waals surface area (Å²) in [5.41, 5.74) is 0.198. The molecule has 11 atom stereocenters. The number of hydrogen-bond acceptors (Lipinski definition) is 15. The zero-order chi connectivity index (χ0) is 41.5. The summed E-state index contributed by atoms with van der Waals surface area (Å²) in [6.45, 7) is 3.78. The second kappa shape index (κ2) is 20.0. The fraction of sp³-hybridized carbons (Fsp3) is 0.732. The molecule has 1 aromatic rings. The van der Waals surface area contributed by atoms with Gasteiger partial charge in [0.15, 0.2) is 18.1 Å². The molecule has 1 aromatic carbocycles. The van der Waals surface area contributed by atoms with Crippen molar-refractivity contribution in [2.75, 3.05) is 32.9 Å². The van der Waals surface area contributed by atoms with E-state index in [4.69, 9.17) is 33.6 Å². The van der Waals surface area contributed by atoms with E-state index in [0.29, 0.717) is 12.8 Å². The molecule has 0 aromatic heterocycles. The summed E-state index contributed by atoms with van der Waals surface area (Å²) < 4.78 is 30.8. The van der Waals surface area contributed by atoms with E-state index in [2.05, 4.69) is 24.5 Å². The number of ether oxygens (including phenoxy) is 5. The number of aliphatic hydroxyl groups is 5. The molecule has 0 spiro atoms. The highest BCUT2D eigenvalue weighted by molar-refractivity contribution is 5.94. The van der Waals surface area contributed by atoms with Gasteiger partial charge in [0.05, 0.1) is 26.4 Å². The highest BCUT2D eigenvalue weighted by Crippen LogP contribution is 2.58. The summed E-state index contributed by atoms with van der Waals surface area (Å²) in [6.07, 6.45) is 1.05. The Kier molecular flexibility index (Phi) is 15.3. The number of carbonyl (C=O) groups excluding carboxylic acids is 3. The fourth-order valence-electron chi connectivity index (χ4n) is 8.89. The van der Waals surface area contributed by atoms with Gasteiger partial charge in [0.25, 0.3) is 0 Å². The lowest BCUT2D eigenvalue weighted by Crippen LogP contribution is -2.69. The number of rotatable bonds is 21. The number of esters is 1. The third kappa shape index (κ3) is 9.45. The van der Waals surface area contributed by atoms with Gasteiger partial charge in [-0.2, -0.15) is 5.06 Å². The van der Waals surface area contributed by atoms with Gasteiger partial charge in [-0.05, 0) is 24.0 Å². The molecular weight excluding hydrogens is 758 g/mol. The molecule has 4 heterocycles. The van der Waals surface area contributed by atoms with Gasteiger partial charge >= 0.3 is 5.97 Å². The van der Waals surface area contributed by atoms with Crippen molar-refractivity contribution in [3.8, 4) is 0 Å². The van der Waals surface area contributed by atoms with Crippen LogP contribution in [0.1, 0.15) is 89.2 Å². The maximum absolute atomic E-state index is 14.5. The Morgan fingerprint density at radius 1 is 0.931 bits per heavy atom. The quantitative estimate of drug-likeness (QED) is 0.0664. The van der Waals surface area contributed by atoms with Crippen LogP contribution in [-0.4, -0.2) is 148 Å². The number of aliphatic hydroxyl groups excluding tert-OH is 5. The second-order valence-electron chi connectivity index (χ2n) is 16.0. The highest BCUT2D eigenvalue weighted by atomic mass is 16.8. The highest BCUT2D eigenvalue weighted by Gasteiger charge is 2.76. The maximum Gasteiger partial charge on any atom is 0.327 e. The summed E-state index contributed by atoms with van der Waals surface area (Å²) in [4.78, 5) is 47.5. The molecule has 1 aliphatic carbocycles. The lowest BCUT2D eigenvalue weighted by molar-refractivity contribution is -0.298. The van der Waals surface area contributed by atoms with E-state index >= 15 is 0 Å². The largest absolute Gasteiger partial charge is 0.458 e. The summed E-state index contributed by atoms with van der Waals surface area (Å²) in [6, 6.07) is 6.34. The number of hydroxylamine groups is 2. The standard InChI is InChI=1S/C41H61N3O14/c1-3-5-7-16-40(17-8-6-4-2)56-33-27-22-41(39(52)43-18-15-29(47)42-19-20-45)35(37(51)54-27)44(58-36(41)34(33)57-40)23-26-13-11-25(12-14-26)10-9-21-53-38-32(50)31(49)30(48)28(24-46)55-38/h9-14,27-28,30-36,38,45-46,48-50H,3-8,15-24H2,1-2H3,(H,42,47)(H,43,52)/t27-,28-,30+,31+,32-,33+,34+,35-,36-,38+,41-/m1/s1. The van der Waals surface area contributed by atoms with E-state index in [-0.39, 0.29) is 51.6 Å². The van der Waals surface area contributed by atoms with Gasteiger partial charge in [0.1, 0.15) is 54.2 Å². The summed E-state index contributed by atoms with van der Waals surface area (Å²) in [7, 11) is 0. The van der Waals surface area contributed by atoms with E-state index < -0.39 is 90.8 Å². The number of hydrogen-bond donors (Lipinski definition) is 7. The van der Waals surface area contributed by atoms with Crippen LogP contribution in [0.2, 0.25) is 0 Å². The van der Waals surface area contributed by atoms with Crippen molar-refractivity contribution in [2.24, 2.45) is 5.41 Å². The first kappa shape index (κ1) is 44.5. The van der Waals surface area contributed by atoms with Crippen LogP contribution in [0.5, 0.6) is 0 Å². The van der Waals surface area contributed by atoms with Crippen LogP contribution >= 0.6 is 0 Å². The number of unbranched alkanes of at least 4 members (excludes halogenated alkanes) is 4. The number of nitrogens with zero attached hydrogens (tertiary/aromatic N) is 1. The van der Waals surface area contributed by atoms with Gasteiger partial charge in [0.2, 0.25) is 11.8 Å². The van der Waals surface area contributed by atoms with E-state index in [1.54, 1.807) is 12.2 Å². The smallest absolute Gasteiger partial charge is 0.327 e. The Hall–Kier alpha value is -3.07. The normalized spacial score (nSPS) is 33.9. The summed E-state index contributed by atoms with van der Waals surface area (Å²) >= 11 is 0. The first-order chi connectivity index (χ1) is 28.0. The molecule has 324 valence electrons. The maximum atomic E-state index is 14.5. The van der Waals surface area contributed by atoms with Crippen LogP contribution in [0, 0.1) is 5.41 Å². The van der Waals surface area contributed by atoms with Crippen molar-refractivity contribution in [2.45, 2.75) is 152 Å². The van der Waals surface area contributed by atoms with E-state index in [1.165, 1.54) is 5.06 Å². The van der Waals surface area contributed by atoms with Crippen LogP contribution in [-0.2, 0) is 49.5 Å². The zero-order valence-electron chi connectivity index (χ0n) is 33.4. The number of benzene rings is 1. The lowest BCUT2D eigenvalue weighted by atomic mass is 9.62. The van der Waals surface area contributed by atoms with Crippen LogP contribution in [0.25, 0.3) is 6.08 Å². The minimum atomic E-state index is -1.53. The van der Waals surface area contributed by atoms with Gasteiger partial charge in [-0.3, -0.25) is 19.2 Å². The molecule has 4 saturated heterocycles. The average molecular weight is 820 g/mol. The topological polar surface area (TPSA) is 235 Å². The van der Waals surface area contributed by atoms with Crippen LogP contribution in [0.4, 0.5) is 0 Å². The predicted octanol–water partition coefficient (Wildman–Crippen LogP) is 0.572. The number of fused-ring (bicyclic) bond motifs is 4. The van der Waals surface area contributed by atoms with Gasteiger partial charge in [-0.15, -0.1) is 0 Å². The average Bonchev–Trinajstić information content (AvgIpc) is 3.77. The monoisotopic (exact) mass is 819 g/mol. The van der Waals surface area contributed by atoms with Crippen molar-refractivity contribution in [3.05, 3.63) is 41.5 Å². The minimum absolute atomic E-state index is 0.00214. The molecule has 17 nitrogen and oxygen atoms in total. The first-order valence-electron chi connectivity index (χ1n) is 20.8. The molecule has 6 rings (SSSR count). The Balaban J connectivity index is 1.18.